The molecule has 0 bridgehead atoms. The zero-order valence-electron chi connectivity index (χ0n) is 12.3. The summed E-state index contributed by atoms with van der Waals surface area (Å²) in [6.07, 6.45) is 0. The monoisotopic (exact) mass is 273 g/mol. The number of nitrogens with zero attached hydrogens (tertiary/aromatic N) is 1. The van der Waals surface area contributed by atoms with Gasteiger partial charge in [-0.15, -0.1) is 0 Å². The maximum Gasteiger partial charge on any atom is 0.248 e. The first kappa shape index (κ1) is 14.8. The van der Waals surface area contributed by atoms with Gasteiger partial charge in [0.25, 0.3) is 0 Å². The number of fused-ring (bicyclic) bond motifs is 1. The van der Waals surface area contributed by atoms with Gasteiger partial charge >= 0.3 is 0 Å². The van der Waals surface area contributed by atoms with Crippen LogP contribution in [0, 0.1) is 0 Å². The largest absolute Gasteiger partial charge is 0.322 e. The Morgan fingerprint density at radius 1 is 1.20 bits per heavy atom. The van der Waals surface area contributed by atoms with Gasteiger partial charge in [0.1, 0.15) is 0 Å². The van der Waals surface area contributed by atoms with E-state index >= 15 is 0 Å². The highest BCUT2D eigenvalue weighted by molar-refractivity contribution is 5.81. The highest BCUT2D eigenvalue weighted by Crippen LogP contribution is 2.13. The molecular weight excluding hydrogens is 250 g/mol. The van der Waals surface area contributed by atoms with Gasteiger partial charge in [-0.1, -0.05) is 32.0 Å². The lowest BCUT2D eigenvalue weighted by Gasteiger charge is -2.18. The van der Waals surface area contributed by atoms with Crippen LogP contribution in [0.2, 0.25) is 0 Å². The minimum absolute atomic E-state index is 0.0377. The molecule has 0 aliphatic rings. The highest BCUT2D eigenvalue weighted by Gasteiger charge is 2.03. The molecule has 2 rings (SSSR count). The first-order chi connectivity index (χ1) is 9.74. The van der Waals surface area contributed by atoms with Crippen molar-refractivity contribution in [2.24, 2.45) is 0 Å². The van der Waals surface area contributed by atoms with E-state index in [-0.39, 0.29) is 5.56 Å². The van der Waals surface area contributed by atoms with E-state index in [1.165, 1.54) is 0 Å². The van der Waals surface area contributed by atoms with Crippen molar-refractivity contribution < 1.29 is 0 Å². The molecule has 2 aromatic rings. The maximum atomic E-state index is 11.6. The van der Waals surface area contributed by atoms with Crippen molar-refractivity contribution in [3.8, 4) is 0 Å². The second kappa shape index (κ2) is 7.22. The van der Waals surface area contributed by atoms with Crippen molar-refractivity contribution in [2.75, 3.05) is 26.2 Å². The SMILES string of the molecule is CCN(CC)CCNCc1cc(=O)[nH]c2ccccc12. The molecule has 0 radical (unpaired) electrons. The Labute approximate surface area is 119 Å². The van der Waals surface area contributed by atoms with E-state index in [9.17, 15) is 4.79 Å². The molecule has 4 nitrogen and oxygen atoms in total. The molecule has 0 fully saturated rings. The van der Waals surface area contributed by atoms with E-state index < -0.39 is 0 Å². The number of aromatic amines is 1. The van der Waals surface area contributed by atoms with E-state index in [1.807, 2.05) is 24.3 Å². The van der Waals surface area contributed by atoms with E-state index in [0.717, 1.165) is 49.2 Å². The standard InChI is InChI=1S/C16H23N3O/c1-3-19(4-2)10-9-17-12-13-11-16(20)18-15-8-6-5-7-14(13)15/h5-8,11,17H,3-4,9-10,12H2,1-2H3,(H,18,20). The summed E-state index contributed by atoms with van der Waals surface area (Å²) in [6, 6.07) is 9.62. The van der Waals surface area contributed by atoms with Crippen molar-refractivity contribution in [2.45, 2.75) is 20.4 Å². The zero-order valence-corrected chi connectivity index (χ0v) is 12.3. The van der Waals surface area contributed by atoms with Gasteiger partial charge in [-0.25, -0.2) is 0 Å². The van der Waals surface area contributed by atoms with Crippen LogP contribution < -0.4 is 10.9 Å². The van der Waals surface area contributed by atoms with E-state index in [1.54, 1.807) is 6.07 Å². The van der Waals surface area contributed by atoms with Gasteiger partial charge in [0.15, 0.2) is 0 Å². The molecule has 0 spiro atoms. The molecule has 0 amide bonds. The van der Waals surface area contributed by atoms with Crippen LogP contribution in [0.4, 0.5) is 0 Å². The fourth-order valence-electron chi connectivity index (χ4n) is 2.42. The van der Waals surface area contributed by atoms with Crippen LogP contribution in [0.15, 0.2) is 35.1 Å². The molecule has 2 N–H and O–H groups in total. The number of nitrogens with one attached hydrogen (secondary N) is 2. The van der Waals surface area contributed by atoms with Gasteiger partial charge in [0.2, 0.25) is 5.56 Å². The smallest absolute Gasteiger partial charge is 0.248 e. The van der Waals surface area contributed by atoms with E-state index in [4.69, 9.17) is 0 Å². The van der Waals surface area contributed by atoms with Gasteiger partial charge in [-0.2, -0.15) is 0 Å². The Kier molecular flexibility index (Phi) is 5.32. The van der Waals surface area contributed by atoms with Crippen LogP contribution in [0.25, 0.3) is 10.9 Å². The molecule has 108 valence electrons. The summed E-state index contributed by atoms with van der Waals surface area (Å²) in [5.74, 6) is 0. The van der Waals surface area contributed by atoms with Crippen molar-refractivity contribution >= 4 is 10.9 Å². The van der Waals surface area contributed by atoms with Crippen LogP contribution in [-0.2, 0) is 6.54 Å². The highest BCUT2D eigenvalue weighted by atomic mass is 16.1. The van der Waals surface area contributed by atoms with E-state index in [0.29, 0.717) is 0 Å². The number of likely N-dealkylation sites (N-methyl/N-ethyl adjacent to an activating group) is 1. The number of hydrogen-bond acceptors (Lipinski definition) is 3. The van der Waals surface area contributed by atoms with Crippen molar-refractivity contribution in [3.05, 3.63) is 46.2 Å². The number of pyridine rings is 1. The molecule has 1 heterocycles. The first-order valence-electron chi connectivity index (χ1n) is 7.28. The number of aromatic nitrogens is 1. The summed E-state index contributed by atoms with van der Waals surface area (Å²) < 4.78 is 0. The summed E-state index contributed by atoms with van der Waals surface area (Å²) in [5.41, 5.74) is 1.92. The number of rotatable bonds is 7. The van der Waals surface area contributed by atoms with Gasteiger partial charge in [0.05, 0.1) is 0 Å². The second-order valence-corrected chi connectivity index (χ2v) is 4.91. The summed E-state index contributed by atoms with van der Waals surface area (Å²) in [6.45, 7) is 9.20. The molecular formula is C16H23N3O. The fraction of sp³-hybridized carbons (Fsp3) is 0.438. The quantitative estimate of drug-likeness (QED) is 0.758. The molecule has 0 saturated heterocycles. The molecule has 1 aromatic heterocycles. The number of hydrogen-bond donors (Lipinski definition) is 2. The lowest BCUT2D eigenvalue weighted by atomic mass is 10.1. The van der Waals surface area contributed by atoms with Gasteiger partial charge in [0, 0.05) is 36.6 Å². The maximum absolute atomic E-state index is 11.6. The third-order valence-electron chi connectivity index (χ3n) is 3.65. The predicted octanol–water partition coefficient (Wildman–Crippen LogP) is 1.96. The minimum Gasteiger partial charge on any atom is -0.322 e. The fourth-order valence-corrected chi connectivity index (χ4v) is 2.42. The molecule has 0 unspecified atom stereocenters. The summed E-state index contributed by atoms with van der Waals surface area (Å²) in [7, 11) is 0. The van der Waals surface area contributed by atoms with Gasteiger partial charge < -0.3 is 15.2 Å². The summed E-state index contributed by atoms with van der Waals surface area (Å²) in [5, 5.41) is 4.54. The number of para-hydroxylation sites is 1. The Hall–Kier alpha value is -1.65. The third kappa shape index (κ3) is 3.68. The van der Waals surface area contributed by atoms with E-state index in [2.05, 4.69) is 29.0 Å². The van der Waals surface area contributed by atoms with Crippen molar-refractivity contribution in [1.82, 2.24) is 15.2 Å². The number of benzene rings is 1. The summed E-state index contributed by atoms with van der Waals surface area (Å²) >= 11 is 0. The molecule has 4 heteroatoms. The Balaban J connectivity index is 2.01. The average molecular weight is 273 g/mol. The third-order valence-corrected chi connectivity index (χ3v) is 3.65. The molecule has 0 atom stereocenters. The Morgan fingerprint density at radius 2 is 1.95 bits per heavy atom. The van der Waals surface area contributed by atoms with Gasteiger partial charge in [-0.3, -0.25) is 4.79 Å². The first-order valence-corrected chi connectivity index (χ1v) is 7.28. The van der Waals surface area contributed by atoms with Crippen LogP contribution in [0.3, 0.4) is 0 Å². The molecule has 0 saturated carbocycles. The van der Waals surface area contributed by atoms with Gasteiger partial charge in [-0.05, 0) is 24.7 Å². The average Bonchev–Trinajstić information content (AvgIpc) is 2.47. The second-order valence-electron chi connectivity index (χ2n) is 4.91. The van der Waals surface area contributed by atoms with Crippen LogP contribution >= 0.6 is 0 Å². The lowest BCUT2D eigenvalue weighted by Crippen LogP contribution is -2.31. The van der Waals surface area contributed by atoms with Crippen molar-refractivity contribution in [3.63, 3.8) is 0 Å². The Morgan fingerprint density at radius 3 is 2.70 bits per heavy atom. The molecule has 0 aliphatic heterocycles. The van der Waals surface area contributed by atoms with Crippen LogP contribution in [0.5, 0.6) is 0 Å². The van der Waals surface area contributed by atoms with Crippen molar-refractivity contribution in [1.29, 1.82) is 0 Å². The Bertz CT molecular complexity index is 602. The minimum atomic E-state index is -0.0377. The lowest BCUT2D eigenvalue weighted by molar-refractivity contribution is 0.302. The zero-order chi connectivity index (χ0) is 14.4. The topological polar surface area (TPSA) is 48.1 Å². The predicted molar refractivity (Wildman–Crippen MR) is 84.1 cm³/mol. The molecule has 20 heavy (non-hydrogen) atoms. The number of H-pyrrole nitrogens is 1. The van der Waals surface area contributed by atoms with Crippen LogP contribution in [-0.4, -0.2) is 36.1 Å². The van der Waals surface area contributed by atoms with Crippen LogP contribution in [0.1, 0.15) is 19.4 Å². The summed E-state index contributed by atoms with van der Waals surface area (Å²) in [4.78, 5) is 16.9. The molecule has 1 aromatic carbocycles. The molecule has 0 aliphatic carbocycles. The normalized spacial score (nSPS) is 11.3.